The number of hydrogen-bond donors (Lipinski definition) is 3. The number of carboxylic acid groups (broad SMARTS) is 1. The van der Waals surface area contributed by atoms with Crippen molar-refractivity contribution in [3.8, 4) is 29.6 Å². The average Bonchev–Trinajstić information content (AvgIpc) is 4.27. The van der Waals surface area contributed by atoms with E-state index in [1.165, 1.54) is 10.6 Å². The number of ether oxygens (including phenoxy) is 1. The predicted molar refractivity (Wildman–Crippen MR) is 282 cm³/mol. The van der Waals surface area contributed by atoms with Crippen LogP contribution in [0.4, 0.5) is 25.1 Å². The number of benzene rings is 3. The summed E-state index contributed by atoms with van der Waals surface area (Å²) in [5.74, 6) is 1.11. The molecule has 6 atom stereocenters. The number of nitrogens with zero attached hydrogens (tertiary/aromatic N) is 9. The number of para-hydroxylation sites is 1. The van der Waals surface area contributed by atoms with Gasteiger partial charge in [-0.1, -0.05) is 36.3 Å². The van der Waals surface area contributed by atoms with E-state index in [-0.39, 0.29) is 82.2 Å². The van der Waals surface area contributed by atoms with Crippen LogP contribution in [0.1, 0.15) is 88.7 Å². The highest BCUT2D eigenvalue weighted by molar-refractivity contribution is 6.03. The van der Waals surface area contributed by atoms with Crippen molar-refractivity contribution in [2.75, 3.05) is 62.2 Å². The zero-order valence-corrected chi connectivity index (χ0v) is 42.6. The van der Waals surface area contributed by atoms with Crippen molar-refractivity contribution in [2.45, 2.75) is 107 Å². The van der Waals surface area contributed by atoms with Crippen LogP contribution < -0.4 is 30.9 Å². The fraction of sp³-hybridized carbons (Fsp3) is 0.491. The molecule has 7 saturated heterocycles. The van der Waals surface area contributed by atoms with Crippen LogP contribution in [0, 0.1) is 35.3 Å². The molecule has 3 N–H and O–H groups in total. The lowest BCUT2D eigenvalue weighted by Gasteiger charge is -2.53. The van der Waals surface area contributed by atoms with Crippen LogP contribution in [-0.4, -0.2) is 133 Å². The van der Waals surface area contributed by atoms with Crippen molar-refractivity contribution in [3.63, 3.8) is 0 Å². The van der Waals surface area contributed by atoms with Crippen molar-refractivity contribution in [1.29, 1.82) is 0 Å². The lowest BCUT2D eigenvalue weighted by molar-refractivity contribution is -0.135. The van der Waals surface area contributed by atoms with Crippen LogP contribution in [0.2, 0.25) is 0 Å². The molecule has 7 fully saturated rings. The number of amides is 3. The van der Waals surface area contributed by atoms with E-state index in [2.05, 4.69) is 36.2 Å². The van der Waals surface area contributed by atoms with Gasteiger partial charge in [0.15, 0.2) is 5.82 Å². The van der Waals surface area contributed by atoms with E-state index in [9.17, 15) is 24.3 Å². The summed E-state index contributed by atoms with van der Waals surface area (Å²) in [6, 6.07) is 14.1. The molecule has 3 amide bonds. The minimum atomic E-state index is -0.897. The Kier molecular flexibility index (Phi) is 11.8. The molecular weight excluding hydrogens is 973 g/mol. The lowest BCUT2D eigenvalue weighted by atomic mass is 9.62. The predicted octanol–water partition coefficient (Wildman–Crippen LogP) is 6.73. The lowest BCUT2D eigenvalue weighted by Crippen LogP contribution is -2.55. The summed E-state index contributed by atoms with van der Waals surface area (Å²) < 4.78 is 42.4. The Morgan fingerprint density at radius 2 is 1.70 bits per heavy atom. The maximum absolute atomic E-state index is 17.4. The number of carbonyl (C=O) groups excluding carboxylic acids is 2. The second-order valence-corrected chi connectivity index (χ2v) is 22.6. The van der Waals surface area contributed by atoms with Gasteiger partial charge in [0, 0.05) is 88.0 Å². The highest BCUT2D eigenvalue weighted by Crippen LogP contribution is 2.52. The number of pyridine rings is 1. The Labute approximate surface area is 437 Å². The van der Waals surface area contributed by atoms with Crippen molar-refractivity contribution >= 4 is 62.1 Å². The van der Waals surface area contributed by atoms with Gasteiger partial charge in [-0.15, -0.1) is 6.42 Å². The molecule has 6 aromatic rings. The number of halogens is 2. The van der Waals surface area contributed by atoms with Crippen molar-refractivity contribution in [2.24, 2.45) is 18.4 Å². The molecule has 7 aliphatic heterocycles. The number of aromatic nitrogens is 5. The molecule has 13 rings (SSSR count). The van der Waals surface area contributed by atoms with Gasteiger partial charge in [0.05, 0.1) is 33.2 Å². The normalized spacial score (nSPS) is 26.4. The minimum absolute atomic E-state index is 0.00837. The summed E-state index contributed by atoms with van der Waals surface area (Å²) in [4.78, 5) is 74.7. The molecule has 0 radical (unpaired) electrons. The molecule has 3 aromatic heterocycles. The number of piperidine rings is 3. The summed E-state index contributed by atoms with van der Waals surface area (Å²) in [7, 11) is 1.73. The van der Waals surface area contributed by atoms with E-state index in [1.807, 2.05) is 24.3 Å². The fourth-order valence-corrected chi connectivity index (χ4v) is 14.9. The van der Waals surface area contributed by atoms with E-state index in [1.54, 1.807) is 40.9 Å². The Morgan fingerprint density at radius 3 is 2.47 bits per heavy atom. The molecule has 4 unspecified atom stereocenters. The largest absolute Gasteiger partial charge is 0.465 e. The van der Waals surface area contributed by atoms with Crippen LogP contribution in [0.3, 0.4) is 0 Å². The number of nitrogens with one attached hydrogen (secondary N) is 2. The molecule has 394 valence electrons. The number of piperazine rings is 1. The van der Waals surface area contributed by atoms with Gasteiger partial charge >= 0.3 is 17.8 Å². The highest BCUT2D eigenvalue weighted by atomic mass is 19.1. The van der Waals surface area contributed by atoms with Gasteiger partial charge in [-0.3, -0.25) is 33.9 Å². The Balaban J connectivity index is 0.770. The molecule has 3 aromatic carbocycles. The van der Waals surface area contributed by atoms with Gasteiger partial charge in [0.1, 0.15) is 35.5 Å². The number of imidazole rings is 1. The molecule has 0 saturated carbocycles. The number of rotatable bonds is 9. The van der Waals surface area contributed by atoms with Crippen molar-refractivity contribution < 1.29 is 33.0 Å². The molecule has 1 spiro atoms. The summed E-state index contributed by atoms with van der Waals surface area (Å²) in [6.07, 6.45) is 16.1. The number of aryl methyl sites for hydroxylation is 1. The summed E-state index contributed by atoms with van der Waals surface area (Å²) in [5.41, 5.74) is 2.08. The van der Waals surface area contributed by atoms with Gasteiger partial charge in [0.2, 0.25) is 11.8 Å². The molecule has 76 heavy (non-hydrogen) atoms. The van der Waals surface area contributed by atoms with Gasteiger partial charge < -0.3 is 29.9 Å². The molecule has 0 aliphatic carbocycles. The zero-order valence-electron chi connectivity index (χ0n) is 42.6. The molecule has 17 nitrogen and oxygen atoms in total. The number of carbonyl (C=O) groups is 3. The first kappa shape index (κ1) is 48.5. The van der Waals surface area contributed by atoms with Crippen LogP contribution in [0.25, 0.3) is 44.0 Å². The van der Waals surface area contributed by atoms with Crippen LogP contribution in [-0.2, 0) is 16.6 Å². The molecule has 2 bridgehead atoms. The third kappa shape index (κ3) is 7.87. The van der Waals surface area contributed by atoms with E-state index >= 15 is 8.78 Å². The standard InChI is InChI=1S/C57H61F2N11O6/c1-3-38-41(58)14-11-33-7-4-8-39(46(33)38)48-47(59)49-40(28-60-48)51(68-30-35-12-13-36(31-68)61-35)64-53(63-49)76-32-57-18-6-23-69(57)37(17-19-57)27-34-29-67(55(74)75)26-22-56(34)20-24-66(25-21-56)42-9-5-10-43-50(42)65(2)54(73)70(43)44-15-16-45(71)62-52(44)72/h1,4-5,7-11,14,28,34-37,44,61H,6,12-13,15-27,29-32H2,2H3,(H,74,75)(H,62,71,72)/t34?,35?,36?,37-,44?,57-/m0/s1. The number of anilines is 2. The number of likely N-dealkylation sites (tertiary alicyclic amines) is 1. The van der Waals surface area contributed by atoms with Crippen molar-refractivity contribution in [3.05, 3.63) is 82.4 Å². The Hall–Kier alpha value is -7.17. The molecule has 19 heteroatoms. The SMILES string of the molecule is C#Cc1c(F)ccc2cccc(-c3ncc4c(N5CC6CCC(C5)N6)nc(OC[C@@]56CCCN5[C@H](CC5CN(C(=O)O)CCC57CCN(c5cccc8c5n(C)c(=O)n8C5CCC(=O)NC5=O)CC7)CC6)nc4c3F)c12. The zero-order chi connectivity index (χ0) is 52.2. The number of hydrogen-bond acceptors (Lipinski definition) is 12. The van der Waals surface area contributed by atoms with Crippen LogP contribution in [0.15, 0.2) is 59.5 Å². The first-order valence-electron chi connectivity index (χ1n) is 27.0. The number of terminal acetylenes is 1. The van der Waals surface area contributed by atoms with E-state index in [0.29, 0.717) is 65.8 Å². The van der Waals surface area contributed by atoms with Gasteiger partial charge in [0.25, 0.3) is 0 Å². The van der Waals surface area contributed by atoms with Crippen LogP contribution in [0.5, 0.6) is 6.01 Å². The van der Waals surface area contributed by atoms with Gasteiger partial charge in [-0.25, -0.2) is 18.4 Å². The summed E-state index contributed by atoms with van der Waals surface area (Å²) in [6.45, 7) is 4.95. The molecule has 7 aliphatic rings. The quantitative estimate of drug-likeness (QED) is 0.103. The maximum atomic E-state index is 17.4. The molecule has 10 heterocycles. The second-order valence-electron chi connectivity index (χ2n) is 22.6. The van der Waals surface area contributed by atoms with Crippen molar-refractivity contribution in [1.82, 2.24) is 44.5 Å². The van der Waals surface area contributed by atoms with E-state index in [4.69, 9.17) is 21.1 Å². The average molecular weight is 1030 g/mol. The Morgan fingerprint density at radius 1 is 0.908 bits per heavy atom. The maximum Gasteiger partial charge on any atom is 0.407 e. The summed E-state index contributed by atoms with van der Waals surface area (Å²) in [5, 5.41) is 18.0. The molecular formula is C57H61F2N11O6. The third-order valence-electron chi connectivity index (χ3n) is 18.8. The first-order valence-corrected chi connectivity index (χ1v) is 27.0. The monoisotopic (exact) mass is 1030 g/mol. The van der Waals surface area contributed by atoms with Crippen LogP contribution >= 0.6 is 0 Å². The number of imide groups is 1. The smallest absolute Gasteiger partial charge is 0.407 e. The fourth-order valence-electron chi connectivity index (χ4n) is 14.9. The third-order valence-corrected chi connectivity index (χ3v) is 18.8. The second kappa shape index (κ2) is 18.5. The topological polar surface area (TPSA) is 183 Å². The highest BCUT2D eigenvalue weighted by Gasteiger charge is 2.53. The van der Waals surface area contributed by atoms with Gasteiger partial charge in [-0.2, -0.15) is 9.97 Å². The Bertz CT molecular complexity index is 3480. The minimum Gasteiger partial charge on any atom is -0.465 e. The van der Waals surface area contributed by atoms with E-state index < -0.39 is 29.7 Å². The first-order chi connectivity index (χ1) is 36.8. The number of fused-ring (bicyclic) bond motifs is 6. The van der Waals surface area contributed by atoms with E-state index in [0.717, 1.165) is 95.0 Å². The summed E-state index contributed by atoms with van der Waals surface area (Å²) >= 11 is 0. The van der Waals surface area contributed by atoms with Gasteiger partial charge in [-0.05, 0) is 112 Å².